The van der Waals surface area contributed by atoms with Crippen LogP contribution in [0.2, 0.25) is 5.02 Å². The van der Waals surface area contributed by atoms with Crippen molar-refractivity contribution in [1.29, 1.82) is 0 Å². The fourth-order valence-corrected chi connectivity index (χ4v) is 4.41. The number of nitrogens with one attached hydrogen (secondary N) is 1. The van der Waals surface area contributed by atoms with E-state index in [1.807, 2.05) is 0 Å². The molecule has 1 unspecified atom stereocenters. The number of carboxylic acid groups (broad SMARTS) is 1. The summed E-state index contributed by atoms with van der Waals surface area (Å²) in [5, 5.41) is 9.09. The average Bonchev–Trinajstić information content (AvgIpc) is 2.67. The lowest BCUT2D eigenvalue weighted by Crippen LogP contribution is -2.41. The van der Waals surface area contributed by atoms with Crippen LogP contribution in [-0.2, 0) is 14.8 Å². The third-order valence-electron chi connectivity index (χ3n) is 4.44. The lowest BCUT2D eigenvalue weighted by Gasteiger charge is -2.33. The molecule has 0 bridgehead atoms. The van der Waals surface area contributed by atoms with E-state index in [9.17, 15) is 23.1 Å². The number of carboxylic acids is 1. The van der Waals surface area contributed by atoms with Crippen molar-refractivity contribution in [3.05, 3.63) is 40.9 Å². The summed E-state index contributed by atoms with van der Waals surface area (Å²) in [5.41, 5.74) is 0.0838. The number of carbonyl (C=O) groups excluding carboxylic acids is 1. The second-order valence-corrected chi connectivity index (χ2v) is 8.72. The Balaban J connectivity index is 2.00. The summed E-state index contributed by atoms with van der Waals surface area (Å²) in [6, 6.07) is 6.44. The van der Waals surface area contributed by atoms with Gasteiger partial charge >= 0.3 is 5.97 Å². The van der Waals surface area contributed by atoms with Crippen LogP contribution in [0.3, 0.4) is 0 Å². The van der Waals surface area contributed by atoms with E-state index in [1.54, 1.807) is 6.92 Å². The van der Waals surface area contributed by atoms with E-state index in [0.717, 1.165) is 6.07 Å². The molecule has 1 heterocycles. The molecular weight excluding hydrogens is 436 g/mol. The molecule has 0 fully saturated rings. The third-order valence-corrected chi connectivity index (χ3v) is 6.12. The summed E-state index contributed by atoms with van der Waals surface area (Å²) >= 11 is 6.07. The maximum absolute atomic E-state index is 12.9. The average molecular weight is 455 g/mol. The highest BCUT2D eigenvalue weighted by Gasteiger charge is 2.28. The Morgan fingerprint density at radius 2 is 2.00 bits per heavy atom. The molecule has 1 amide bonds. The minimum absolute atomic E-state index is 0.0514. The van der Waals surface area contributed by atoms with Gasteiger partial charge in [-0.05, 0) is 31.2 Å². The number of rotatable bonds is 5. The first-order valence-electron chi connectivity index (χ1n) is 8.76. The zero-order valence-corrected chi connectivity index (χ0v) is 17.9. The Hall–Kier alpha value is -2.98. The van der Waals surface area contributed by atoms with Crippen molar-refractivity contribution in [2.75, 3.05) is 23.3 Å². The molecule has 30 heavy (non-hydrogen) atoms. The number of ether oxygens (including phenoxy) is 2. The maximum atomic E-state index is 12.9. The van der Waals surface area contributed by atoms with Crippen LogP contribution in [0.4, 0.5) is 11.4 Å². The first-order chi connectivity index (χ1) is 14.0. The van der Waals surface area contributed by atoms with Crippen molar-refractivity contribution < 1.29 is 32.6 Å². The number of amides is 1. The van der Waals surface area contributed by atoms with Crippen LogP contribution >= 0.6 is 11.6 Å². The Bertz CT molecular complexity index is 1130. The smallest absolute Gasteiger partial charge is 0.339 e. The topological polar surface area (TPSA) is 122 Å². The second kappa shape index (κ2) is 8.04. The Kier molecular flexibility index (Phi) is 5.82. The Morgan fingerprint density at radius 1 is 1.30 bits per heavy atom. The molecule has 3 rings (SSSR count). The maximum Gasteiger partial charge on any atom is 0.339 e. The van der Waals surface area contributed by atoms with E-state index in [0.29, 0.717) is 18.0 Å². The molecule has 1 aliphatic rings. The number of fused-ring (bicyclic) bond motifs is 1. The number of hydrogen-bond donors (Lipinski definition) is 2. The molecule has 2 aromatic carbocycles. The van der Waals surface area contributed by atoms with Crippen molar-refractivity contribution in [2.45, 2.75) is 24.8 Å². The van der Waals surface area contributed by atoms with Gasteiger partial charge in [-0.15, -0.1) is 0 Å². The number of nitrogens with zero attached hydrogens (tertiary/aromatic N) is 1. The molecule has 9 nitrogen and oxygen atoms in total. The van der Waals surface area contributed by atoms with Gasteiger partial charge in [0.2, 0.25) is 5.91 Å². The van der Waals surface area contributed by atoms with E-state index in [4.69, 9.17) is 21.1 Å². The fourth-order valence-electron chi connectivity index (χ4n) is 3.05. The second-order valence-electron chi connectivity index (χ2n) is 6.63. The van der Waals surface area contributed by atoms with Crippen LogP contribution < -0.4 is 19.1 Å². The van der Waals surface area contributed by atoms with Gasteiger partial charge in [0, 0.05) is 13.0 Å². The minimum Gasteiger partial charge on any atom is -0.496 e. The normalized spacial score (nSPS) is 15.7. The minimum atomic E-state index is -4.12. The van der Waals surface area contributed by atoms with E-state index in [-0.39, 0.29) is 38.9 Å². The van der Waals surface area contributed by atoms with Crippen LogP contribution in [0.1, 0.15) is 24.2 Å². The summed E-state index contributed by atoms with van der Waals surface area (Å²) in [7, 11) is -2.86. The van der Waals surface area contributed by atoms with Crippen LogP contribution in [0.15, 0.2) is 35.2 Å². The molecule has 160 valence electrons. The van der Waals surface area contributed by atoms with Crippen molar-refractivity contribution in [3.8, 4) is 11.5 Å². The summed E-state index contributed by atoms with van der Waals surface area (Å²) in [6.45, 7) is 3.48. The number of halogens is 1. The van der Waals surface area contributed by atoms with Crippen molar-refractivity contribution in [1.82, 2.24) is 0 Å². The molecule has 0 radical (unpaired) electrons. The molecule has 1 aliphatic heterocycles. The fraction of sp³-hybridized carbons (Fsp3) is 0.263. The molecule has 0 aromatic heterocycles. The molecule has 11 heteroatoms. The Morgan fingerprint density at radius 3 is 2.60 bits per heavy atom. The number of hydrogen-bond acceptors (Lipinski definition) is 6. The molecule has 1 atom stereocenters. The molecule has 0 saturated heterocycles. The van der Waals surface area contributed by atoms with E-state index in [2.05, 4.69) is 4.72 Å². The highest BCUT2D eigenvalue weighted by molar-refractivity contribution is 7.92. The molecule has 0 spiro atoms. The van der Waals surface area contributed by atoms with E-state index >= 15 is 0 Å². The van der Waals surface area contributed by atoms with Crippen molar-refractivity contribution in [2.24, 2.45) is 0 Å². The van der Waals surface area contributed by atoms with Crippen LogP contribution in [0, 0.1) is 0 Å². The summed E-state index contributed by atoms with van der Waals surface area (Å²) in [5.74, 6) is -1.17. The van der Waals surface area contributed by atoms with Crippen molar-refractivity contribution in [3.63, 3.8) is 0 Å². The van der Waals surface area contributed by atoms with Gasteiger partial charge in [-0.3, -0.25) is 9.52 Å². The predicted octanol–water partition coefficient (Wildman–Crippen LogP) is 2.98. The summed E-state index contributed by atoms with van der Waals surface area (Å²) < 4.78 is 38.9. The molecule has 0 aliphatic carbocycles. The lowest BCUT2D eigenvalue weighted by atomic mass is 10.2. The number of carbonyl (C=O) groups is 2. The van der Waals surface area contributed by atoms with Gasteiger partial charge in [0.05, 0.1) is 34.9 Å². The first-order valence-corrected chi connectivity index (χ1v) is 10.6. The molecular formula is C19H19ClN2O7S. The zero-order chi connectivity index (χ0) is 22.2. The van der Waals surface area contributed by atoms with Crippen LogP contribution in [-0.4, -0.2) is 45.2 Å². The first kappa shape index (κ1) is 21.7. The van der Waals surface area contributed by atoms with Crippen molar-refractivity contribution >= 4 is 44.9 Å². The highest BCUT2D eigenvalue weighted by Crippen LogP contribution is 2.37. The number of methoxy groups -OCH3 is 1. The predicted molar refractivity (Wildman–Crippen MR) is 110 cm³/mol. The van der Waals surface area contributed by atoms with Gasteiger partial charge in [-0.1, -0.05) is 11.6 Å². The van der Waals surface area contributed by atoms with Gasteiger partial charge in [0.25, 0.3) is 10.0 Å². The van der Waals surface area contributed by atoms with E-state index < -0.39 is 16.0 Å². The number of aromatic carboxylic acids is 1. The number of anilines is 2. The lowest BCUT2D eigenvalue weighted by molar-refractivity contribution is -0.117. The summed E-state index contributed by atoms with van der Waals surface area (Å²) in [6.07, 6.45) is -0.235. The van der Waals surface area contributed by atoms with Gasteiger partial charge in [-0.25, -0.2) is 13.2 Å². The zero-order valence-electron chi connectivity index (χ0n) is 16.3. The Labute approximate surface area is 178 Å². The van der Waals surface area contributed by atoms with Crippen LogP contribution in [0.5, 0.6) is 11.5 Å². The quantitative estimate of drug-likeness (QED) is 0.711. The monoisotopic (exact) mass is 454 g/mol. The SMILES string of the molecule is COc1cc(NS(=O)(=O)c2ccc3c(c2)N(C(C)=O)CC(C)O3)c(Cl)cc1C(=O)O. The van der Waals surface area contributed by atoms with E-state index in [1.165, 1.54) is 43.2 Å². The van der Waals surface area contributed by atoms with Gasteiger partial charge in [-0.2, -0.15) is 0 Å². The highest BCUT2D eigenvalue weighted by atomic mass is 35.5. The largest absolute Gasteiger partial charge is 0.496 e. The molecule has 0 saturated carbocycles. The molecule has 2 aromatic rings. The standard InChI is InChI=1S/C19H19ClN2O7S/c1-10-9-22(11(2)23)16-6-12(4-5-17(16)29-10)30(26,27)21-15-8-18(28-3)13(19(24)25)7-14(15)20/h4-8,10,21H,9H2,1-3H3,(H,24,25). The van der Waals surface area contributed by atoms with Gasteiger partial charge in [0.15, 0.2) is 0 Å². The number of sulfonamides is 1. The number of benzene rings is 2. The van der Waals surface area contributed by atoms with Gasteiger partial charge < -0.3 is 19.5 Å². The third kappa shape index (κ3) is 4.14. The van der Waals surface area contributed by atoms with Crippen LogP contribution in [0.25, 0.3) is 0 Å². The molecule has 2 N–H and O–H groups in total. The summed E-state index contributed by atoms with van der Waals surface area (Å²) in [4.78, 5) is 24.6. The van der Waals surface area contributed by atoms with Gasteiger partial charge in [0.1, 0.15) is 23.2 Å².